The summed E-state index contributed by atoms with van der Waals surface area (Å²) in [5.74, 6) is -0.307. The third kappa shape index (κ3) is 3.96. The topological polar surface area (TPSA) is 84.2 Å². The number of rotatable bonds is 7. The summed E-state index contributed by atoms with van der Waals surface area (Å²) in [7, 11) is 1.56. The maximum atomic E-state index is 12.0. The van der Waals surface area contributed by atoms with Crippen LogP contribution in [-0.4, -0.2) is 30.4 Å². The Balaban J connectivity index is 4.45. The Morgan fingerprint density at radius 1 is 1.29 bits per heavy atom. The summed E-state index contributed by atoms with van der Waals surface area (Å²) in [4.78, 5) is 23.2. The zero-order chi connectivity index (χ0) is 13.5. The molecule has 0 unspecified atom stereocenters. The van der Waals surface area contributed by atoms with Gasteiger partial charge in [-0.1, -0.05) is 26.1 Å². The van der Waals surface area contributed by atoms with Crippen molar-refractivity contribution in [2.75, 3.05) is 13.6 Å². The molecule has 0 radical (unpaired) electrons. The number of amides is 2. The lowest BCUT2D eigenvalue weighted by atomic mass is 9.81. The molecule has 17 heavy (non-hydrogen) atoms. The second-order valence-corrected chi connectivity index (χ2v) is 4.27. The monoisotopic (exact) mass is 259 g/mol. The van der Waals surface area contributed by atoms with Crippen LogP contribution in [0.1, 0.15) is 33.1 Å². The van der Waals surface area contributed by atoms with Gasteiger partial charge in [0.25, 0.3) is 0 Å². The lowest BCUT2D eigenvalue weighted by Gasteiger charge is -2.28. The Labute approximate surface area is 108 Å². The molecule has 0 aromatic rings. The maximum absolute atomic E-state index is 12.0. The molecule has 0 saturated heterocycles. The standard InChI is InChI=1S/C11H21N3O2S/c1-4-11(5-2,9(12)17)10(16)14-7-6-8(15)13-3/h4-7H2,1-3H3,(H2,12,17)(H,13,15)(H,14,16). The average Bonchev–Trinajstić information content (AvgIpc) is 2.30. The summed E-state index contributed by atoms with van der Waals surface area (Å²) < 4.78 is 0. The molecule has 0 aliphatic heterocycles. The van der Waals surface area contributed by atoms with E-state index in [0.29, 0.717) is 19.4 Å². The van der Waals surface area contributed by atoms with Crippen LogP contribution < -0.4 is 16.4 Å². The molecule has 2 amide bonds. The predicted octanol–water partition coefficient (Wildman–Crippen LogP) is 0.331. The molecule has 5 nitrogen and oxygen atoms in total. The fourth-order valence-electron chi connectivity index (χ4n) is 1.62. The highest BCUT2D eigenvalue weighted by molar-refractivity contribution is 7.80. The molecule has 0 aromatic heterocycles. The van der Waals surface area contributed by atoms with Crippen molar-refractivity contribution >= 4 is 29.0 Å². The molecule has 4 N–H and O–H groups in total. The maximum Gasteiger partial charge on any atom is 0.233 e. The van der Waals surface area contributed by atoms with Gasteiger partial charge < -0.3 is 16.4 Å². The minimum atomic E-state index is -0.794. The number of hydrogen-bond donors (Lipinski definition) is 3. The average molecular weight is 259 g/mol. The van der Waals surface area contributed by atoms with Crippen molar-refractivity contribution in [2.24, 2.45) is 11.1 Å². The third-order valence-electron chi connectivity index (χ3n) is 3.03. The first-order chi connectivity index (χ1) is 7.94. The highest BCUT2D eigenvalue weighted by atomic mass is 32.1. The van der Waals surface area contributed by atoms with Crippen molar-refractivity contribution in [2.45, 2.75) is 33.1 Å². The Hall–Kier alpha value is -1.17. The normalized spacial score (nSPS) is 10.8. The highest BCUT2D eigenvalue weighted by Crippen LogP contribution is 2.27. The van der Waals surface area contributed by atoms with Gasteiger partial charge in [0.05, 0.1) is 10.4 Å². The molecule has 0 fully saturated rings. The molecule has 6 heteroatoms. The van der Waals surface area contributed by atoms with Crippen molar-refractivity contribution in [3.63, 3.8) is 0 Å². The summed E-state index contributed by atoms with van der Waals surface area (Å²) in [5, 5.41) is 5.19. The summed E-state index contributed by atoms with van der Waals surface area (Å²) in [6, 6.07) is 0. The largest absolute Gasteiger partial charge is 0.392 e. The number of carbonyl (C=O) groups is 2. The number of nitrogens with two attached hydrogens (primary N) is 1. The summed E-state index contributed by atoms with van der Waals surface area (Å²) in [5.41, 5.74) is 4.85. The highest BCUT2D eigenvalue weighted by Gasteiger charge is 2.37. The first-order valence-corrected chi connectivity index (χ1v) is 6.14. The SMILES string of the molecule is CCC(CC)(C(=O)NCCC(=O)NC)C(N)=S. The van der Waals surface area contributed by atoms with Crippen molar-refractivity contribution in [1.29, 1.82) is 0 Å². The number of carbonyl (C=O) groups excluding carboxylic acids is 2. The van der Waals surface area contributed by atoms with Gasteiger partial charge in [0.1, 0.15) is 0 Å². The van der Waals surface area contributed by atoms with Crippen molar-refractivity contribution in [3.8, 4) is 0 Å². The summed E-state index contributed by atoms with van der Waals surface area (Å²) in [6.07, 6.45) is 1.37. The number of thiocarbonyl (C=S) groups is 1. The van der Waals surface area contributed by atoms with Crippen LogP contribution in [0.15, 0.2) is 0 Å². The van der Waals surface area contributed by atoms with Crippen LogP contribution in [-0.2, 0) is 9.59 Å². The van der Waals surface area contributed by atoms with E-state index in [4.69, 9.17) is 18.0 Å². The van der Waals surface area contributed by atoms with E-state index in [-0.39, 0.29) is 23.2 Å². The number of hydrogen-bond acceptors (Lipinski definition) is 3. The second-order valence-electron chi connectivity index (χ2n) is 3.83. The molecular weight excluding hydrogens is 238 g/mol. The van der Waals surface area contributed by atoms with Gasteiger partial charge in [-0.05, 0) is 12.8 Å². The van der Waals surface area contributed by atoms with Crippen LogP contribution in [0.4, 0.5) is 0 Å². The van der Waals surface area contributed by atoms with E-state index < -0.39 is 5.41 Å². The molecule has 0 aromatic carbocycles. The summed E-state index contributed by atoms with van der Waals surface area (Å²) >= 11 is 4.97. The van der Waals surface area contributed by atoms with Gasteiger partial charge in [0, 0.05) is 20.0 Å². The van der Waals surface area contributed by atoms with Crippen molar-refractivity contribution in [1.82, 2.24) is 10.6 Å². The molecule has 0 rings (SSSR count). The fraction of sp³-hybridized carbons (Fsp3) is 0.727. The molecule has 0 atom stereocenters. The van der Waals surface area contributed by atoms with E-state index in [1.807, 2.05) is 13.8 Å². The van der Waals surface area contributed by atoms with Gasteiger partial charge in [0.2, 0.25) is 11.8 Å². The van der Waals surface area contributed by atoms with Crippen molar-refractivity contribution in [3.05, 3.63) is 0 Å². The van der Waals surface area contributed by atoms with Gasteiger partial charge in [-0.2, -0.15) is 0 Å². The van der Waals surface area contributed by atoms with E-state index in [9.17, 15) is 9.59 Å². The Kier molecular flexibility index (Phi) is 6.72. The van der Waals surface area contributed by atoms with E-state index in [1.165, 1.54) is 0 Å². The summed E-state index contributed by atoms with van der Waals surface area (Å²) in [6.45, 7) is 4.05. The van der Waals surface area contributed by atoms with Gasteiger partial charge in [-0.15, -0.1) is 0 Å². The van der Waals surface area contributed by atoms with E-state index in [2.05, 4.69) is 10.6 Å². The Bertz CT molecular complexity index is 301. The van der Waals surface area contributed by atoms with E-state index >= 15 is 0 Å². The van der Waals surface area contributed by atoms with Gasteiger partial charge in [0.15, 0.2) is 0 Å². The van der Waals surface area contributed by atoms with E-state index in [1.54, 1.807) is 7.05 Å². The van der Waals surface area contributed by atoms with E-state index in [0.717, 1.165) is 0 Å². The Morgan fingerprint density at radius 2 is 1.82 bits per heavy atom. The molecule has 0 spiro atoms. The van der Waals surface area contributed by atoms with Gasteiger partial charge >= 0.3 is 0 Å². The molecule has 0 aliphatic rings. The number of nitrogens with one attached hydrogen (secondary N) is 2. The van der Waals surface area contributed by atoms with Crippen LogP contribution in [0.5, 0.6) is 0 Å². The smallest absolute Gasteiger partial charge is 0.233 e. The van der Waals surface area contributed by atoms with Crippen LogP contribution >= 0.6 is 12.2 Å². The van der Waals surface area contributed by atoms with Crippen LogP contribution in [0.3, 0.4) is 0 Å². The lowest BCUT2D eigenvalue weighted by molar-refractivity contribution is -0.128. The fourth-order valence-corrected chi connectivity index (χ4v) is 2.00. The Morgan fingerprint density at radius 3 is 2.18 bits per heavy atom. The van der Waals surface area contributed by atoms with Gasteiger partial charge in [-0.25, -0.2) is 0 Å². The first kappa shape index (κ1) is 15.8. The molecular formula is C11H21N3O2S. The van der Waals surface area contributed by atoms with Crippen LogP contribution in [0.25, 0.3) is 0 Å². The first-order valence-electron chi connectivity index (χ1n) is 5.73. The minimum absolute atomic E-state index is 0.112. The minimum Gasteiger partial charge on any atom is -0.392 e. The van der Waals surface area contributed by atoms with Crippen LogP contribution in [0.2, 0.25) is 0 Å². The van der Waals surface area contributed by atoms with Gasteiger partial charge in [-0.3, -0.25) is 9.59 Å². The molecule has 0 bridgehead atoms. The quantitative estimate of drug-likeness (QED) is 0.575. The van der Waals surface area contributed by atoms with Crippen molar-refractivity contribution < 1.29 is 9.59 Å². The van der Waals surface area contributed by atoms with Crippen LogP contribution in [0, 0.1) is 5.41 Å². The molecule has 0 saturated carbocycles. The zero-order valence-corrected chi connectivity index (χ0v) is 11.4. The molecule has 98 valence electrons. The third-order valence-corrected chi connectivity index (χ3v) is 3.42. The lowest BCUT2D eigenvalue weighted by Crippen LogP contribution is -2.48. The molecule has 0 aliphatic carbocycles. The molecule has 0 heterocycles. The zero-order valence-electron chi connectivity index (χ0n) is 10.6. The predicted molar refractivity (Wildman–Crippen MR) is 71.5 cm³/mol. The second kappa shape index (κ2) is 7.21.